The van der Waals surface area contributed by atoms with Crippen molar-refractivity contribution in [3.05, 3.63) is 80.5 Å². The van der Waals surface area contributed by atoms with E-state index in [2.05, 4.69) is 0 Å². The van der Waals surface area contributed by atoms with Crippen LogP contribution in [0.3, 0.4) is 0 Å². The number of fused-ring (bicyclic) bond motifs is 2. The second-order valence-electron chi connectivity index (χ2n) is 11.8. The average molecular weight is 557 g/mol. The van der Waals surface area contributed by atoms with Gasteiger partial charge >= 0.3 is 11.3 Å². The van der Waals surface area contributed by atoms with Crippen molar-refractivity contribution in [3.63, 3.8) is 0 Å². The first kappa shape index (κ1) is 27.0. The van der Waals surface area contributed by atoms with Crippen LogP contribution in [0.5, 0.6) is 11.5 Å². The molecule has 2 heterocycles. The first-order chi connectivity index (χ1) is 19.7. The summed E-state index contributed by atoms with van der Waals surface area (Å²) < 4.78 is 20.7. The zero-order valence-electron chi connectivity index (χ0n) is 23.4. The Morgan fingerprint density at radius 1 is 0.707 bits per heavy atom. The van der Waals surface area contributed by atoms with Gasteiger partial charge in [-0.2, -0.15) is 0 Å². The Labute approximate surface area is 236 Å². The largest absolute Gasteiger partial charge is 0.497 e. The summed E-state index contributed by atoms with van der Waals surface area (Å²) in [6.07, 6.45) is 6.70. The predicted octanol–water partition coefficient (Wildman–Crippen LogP) is 6.20. The van der Waals surface area contributed by atoms with Crippen LogP contribution in [-0.2, 0) is 0 Å². The first-order valence-corrected chi connectivity index (χ1v) is 14.0. The predicted molar refractivity (Wildman–Crippen MR) is 153 cm³/mol. The number of rotatable bonds is 5. The number of methoxy groups -OCH3 is 2. The highest BCUT2D eigenvalue weighted by Gasteiger charge is 2.55. The molecule has 2 aromatic heterocycles. The van der Waals surface area contributed by atoms with Crippen LogP contribution < -0.4 is 20.7 Å². The highest BCUT2D eigenvalue weighted by atomic mass is 16.5. The Morgan fingerprint density at radius 3 is 1.59 bits per heavy atom. The molecule has 0 amide bonds. The number of hydrogen-bond donors (Lipinski definition) is 0. The summed E-state index contributed by atoms with van der Waals surface area (Å²) in [7, 11) is 3.10. The lowest BCUT2D eigenvalue weighted by atomic mass is 9.48. The molecule has 0 N–H and O–H groups in total. The molecule has 4 aliphatic rings. The summed E-state index contributed by atoms with van der Waals surface area (Å²) >= 11 is 0. The van der Waals surface area contributed by atoms with Gasteiger partial charge in [0, 0.05) is 28.3 Å². The van der Waals surface area contributed by atoms with Crippen molar-refractivity contribution in [2.75, 3.05) is 14.2 Å². The van der Waals surface area contributed by atoms with E-state index < -0.39 is 11.3 Å². The minimum atomic E-state index is -0.617. The third kappa shape index (κ3) is 4.96. The number of carbonyl (C=O) groups is 2. The molecule has 0 aliphatic heterocycles. The van der Waals surface area contributed by atoms with Crippen molar-refractivity contribution in [2.24, 2.45) is 23.2 Å². The molecule has 4 aliphatic carbocycles. The zero-order valence-corrected chi connectivity index (χ0v) is 23.4. The van der Waals surface area contributed by atoms with Crippen LogP contribution in [0.25, 0.3) is 21.9 Å². The molecule has 0 atom stereocenters. The number of Topliss-reactive ketones (excluding diaryl/α,β-unsaturated/α-hetero) is 2. The Balaban J connectivity index is 0.000000164. The Bertz CT molecular complexity index is 1760. The molecule has 0 spiro atoms. The van der Waals surface area contributed by atoms with E-state index in [1.165, 1.54) is 39.4 Å². The number of benzene rings is 2. The molecule has 4 bridgehead atoms. The molecule has 4 aromatic rings. The van der Waals surface area contributed by atoms with Crippen molar-refractivity contribution in [1.82, 2.24) is 0 Å². The Morgan fingerprint density at radius 2 is 1.15 bits per heavy atom. The van der Waals surface area contributed by atoms with Crippen LogP contribution in [0.4, 0.5) is 0 Å². The second-order valence-corrected chi connectivity index (χ2v) is 11.8. The molecule has 0 saturated heterocycles. The van der Waals surface area contributed by atoms with Crippen LogP contribution in [0, 0.1) is 23.2 Å². The van der Waals surface area contributed by atoms with E-state index in [0.29, 0.717) is 45.8 Å². The molecular weight excluding hydrogens is 524 g/mol. The van der Waals surface area contributed by atoms with Gasteiger partial charge in [-0.05, 0) is 99.6 Å². The smallest absolute Gasteiger partial charge is 0.347 e. The highest BCUT2D eigenvalue weighted by molar-refractivity contribution is 6.02. The van der Waals surface area contributed by atoms with Gasteiger partial charge in [0.15, 0.2) is 11.6 Å². The third-order valence-corrected chi connectivity index (χ3v) is 9.03. The van der Waals surface area contributed by atoms with Gasteiger partial charge in [0.25, 0.3) is 0 Å². The molecule has 8 nitrogen and oxygen atoms in total. The molecule has 0 unspecified atom stereocenters. The topological polar surface area (TPSA) is 113 Å². The second kappa shape index (κ2) is 10.3. The van der Waals surface area contributed by atoms with Gasteiger partial charge < -0.3 is 18.3 Å². The van der Waals surface area contributed by atoms with Gasteiger partial charge in [-0.25, -0.2) is 9.59 Å². The summed E-state index contributed by atoms with van der Waals surface area (Å²) in [6, 6.07) is 13.7. The molecule has 4 saturated carbocycles. The molecule has 8 rings (SSSR count). The molecule has 4 fully saturated rings. The standard InChI is InChI=1S/C21H22O4.C12H10O4/c1-24-16-3-2-15-7-17(20(23)25-18(15)8-16)19(22)21-9-12-4-13(10-21)6-14(5-12)11-21;1-7(13)10-5-8-3-4-9(15-2)6-11(8)16-12(10)14/h2-3,7-8,12-14H,4-6,9-11H2,1H3;3-6H,1-2H3. The summed E-state index contributed by atoms with van der Waals surface area (Å²) in [5.41, 5.74) is -0.267. The van der Waals surface area contributed by atoms with Gasteiger partial charge in [0.2, 0.25) is 0 Å². The van der Waals surface area contributed by atoms with E-state index >= 15 is 0 Å². The van der Waals surface area contributed by atoms with Crippen molar-refractivity contribution < 1.29 is 27.9 Å². The Kier molecular flexibility index (Phi) is 6.80. The van der Waals surface area contributed by atoms with Gasteiger partial charge in [-0.3, -0.25) is 9.59 Å². The van der Waals surface area contributed by atoms with E-state index in [1.54, 1.807) is 37.4 Å². The van der Waals surface area contributed by atoms with E-state index in [0.717, 1.165) is 24.6 Å². The fourth-order valence-electron chi connectivity index (χ4n) is 7.52. The fourth-order valence-corrected chi connectivity index (χ4v) is 7.52. The molecule has 41 heavy (non-hydrogen) atoms. The minimum absolute atomic E-state index is 0.0260. The quantitative estimate of drug-likeness (QED) is 0.211. The molecule has 8 heteroatoms. The van der Waals surface area contributed by atoms with Crippen LogP contribution in [0.1, 0.15) is 66.2 Å². The molecule has 2 aromatic carbocycles. The SMILES string of the molecule is COc1ccc2cc(C(=O)C34CC5CC(CC(C5)C3)C4)c(=O)oc2c1.COc1ccc2cc(C(C)=O)c(=O)oc2c1. The van der Waals surface area contributed by atoms with Crippen LogP contribution in [-0.4, -0.2) is 25.8 Å². The van der Waals surface area contributed by atoms with Crippen molar-refractivity contribution in [2.45, 2.75) is 45.4 Å². The monoisotopic (exact) mass is 556 g/mol. The van der Waals surface area contributed by atoms with Crippen LogP contribution >= 0.6 is 0 Å². The maximum absolute atomic E-state index is 13.4. The highest BCUT2D eigenvalue weighted by Crippen LogP contribution is 2.60. The summed E-state index contributed by atoms with van der Waals surface area (Å²) in [4.78, 5) is 48.5. The van der Waals surface area contributed by atoms with Crippen LogP contribution in [0.15, 0.2) is 67.0 Å². The van der Waals surface area contributed by atoms with Crippen LogP contribution in [0.2, 0.25) is 0 Å². The lowest BCUT2D eigenvalue weighted by molar-refractivity contribution is -0.0354. The summed E-state index contributed by atoms with van der Waals surface area (Å²) in [5, 5.41) is 1.47. The van der Waals surface area contributed by atoms with Crippen molar-refractivity contribution in [1.29, 1.82) is 0 Å². The fraction of sp³-hybridized carbons (Fsp3) is 0.394. The van der Waals surface area contributed by atoms with E-state index in [-0.39, 0.29) is 28.1 Å². The number of ether oxygens (including phenoxy) is 2. The molecule has 0 radical (unpaired) electrons. The normalized spacial score (nSPS) is 24.1. The average Bonchev–Trinajstić information content (AvgIpc) is 2.95. The van der Waals surface area contributed by atoms with E-state index in [1.807, 2.05) is 12.1 Å². The lowest BCUT2D eigenvalue weighted by Gasteiger charge is -2.55. The minimum Gasteiger partial charge on any atom is -0.497 e. The zero-order chi connectivity index (χ0) is 28.9. The molecular formula is C33H32O8. The maximum Gasteiger partial charge on any atom is 0.347 e. The number of hydrogen-bond acceptors (Lipinski definition) is 8. The van der Waals surface area contributed by atoms with Gasteiger partial charge in [0.1, 0.15) is 33.8 Å². The van der Waals surface area contributed by atoms with Crippen molar-refractivity contribution in [3.8, 4) is 11.5 Å². The maximum atomic E-state index is 13.4. The van der Waals surface area contributed by atoms with Crippen molar-refractivity contribution >= 4 is 33.5 Å². The van der Waals surface area contributed by atoms with Gasteiger partial charge in [-0.15, -0.1) is 0 Å². The number of ketones is 2. The Hall–Kier alpha value is -4.20. The van der Waals surface area contributed by atoms with E-state index in [9.17, 15) is 19.2 Å². The lowest BCUT2D eigenvalue weighted by Crippen LogP contribution is -2.50. The first-order valence-electron chi connectivity index (χ1n) is 14.0. The summed E-state index contributed by atoms with van der Waals surface area (Å²) in [5.74, 6) is 2.98. The van der Waals surface area contributed by atoms with E-state index in [4.69, 9.17) is 18.3 Å². The molecule has 212 valence electrons. The summed E-state index contributed by atoms with van der Waals surface area (Å²) in [6.45, 7) is 1.33. The van der Waals surface area contributed by atoms with Gasteiger partial charge in [0.05, 0.1) is 14.2 Å². The van der Waals surface area contributed by atoms with Gasteiger partial charge in [-0.1, -0.05) is 0 Å². The third-order valence-electron chi connectivity index (χ3n) is 9.03. The number of carbonyl (C=O) groups excluding carboxylic acids is 2.